The Labute approximate surface area is 75.7 Å². The highest BCUT2D eigenvalue weighted by Gasteiger charge is 1.80. The van der Waals surface area contributed by atoms with Crippen LogP contribution in [-0.2, 0) is 0 Å². The van der Waals surface area contributed by atoms with Gasteiger partial charge in [0.2, 0.25) is 0 Å². The molecular weight excluding hydrogens is 148 g/mol. The molecule has 2 heteroatoms. The molecule has 0 aliphatic rings. The predicted molar refractivity (Wildman–Crippen MR) is 54.9 cm³/mol. The lowest BCUT2D eigenvalue weighted by molar-refractivity contribution is 0.759. The fourth-order valence-corrected chi connectivity index (χ4v) is 0.697. The summed E-state index contributed by atoms with van der Waals surface area (Å²) in [5, 5.41) is 6.41. The van der Waals surface area contributed by atoms with E-state index in [2.05, 4.69) is 38.3 Å². The number of hydrogen-bond acceptors (Lipinski definition) is 2. The molecule has 0 spiro atoms. The predicted octanol–water partition coefficient (Wildman–Crippen LogP) is 2.01. The van der Waals surface area contributed by atoms with Crippen LogP contribution in [0.25, 0.3) is 0 Å². The number of nitrogens with one attached hydrogen (secondary N) is 2. The summed E-state index contributed by atoms with van der Waals surface area (Å²) in [7, 11) is 0. The summed E-state index contributed by atoms with van der Waals surface area (Å²) in [6.07, 6.45) is 4.06. The normalized spacial score (nSPS) is 8.67. The molecule has 0 radical (unpaired) electrons. The van der Waals surface area contributed by atoms with Crippen molar-refractivity contribution in [2.24, 2.45) is 0 Å². The SMILES string of the molecule is CC(C)=CNCCNC=C(C)C. The van der Waals surface area contributed by atoms with Crippen molar-refractivity contribution in [3.05, 3.63) is 23.5 Å². The van der Waals surface area contributed by atoms with E-state index < -0.39 is 0 Å². The van der Waals surface area contributed by atoms with Crippen LogP contribution in [0.15, 0.2) is 23.5 Å². The zero-order valence-corrected chi connectivity index (χ0v) is 8.57. The standard InChI is InChI=1S/C10H20N2/c1-9(2)7-11-5-6-12-8-10(3)4/h7-8,11-12H,5-6H2,1-4H3. The number of hydrogen-bond donors (Lipinski definition) is 2. The summed E-state index contributed by atoms with van der Waals surface area (Å²) in [5.74, 6) is 0. The third-order valence-electron chi connectivity index (χ3n) is 1.20. The molecule has 0 aromatic heterocycles. The Morgan fingerprint density at radius 1 is 0.833 bits per heavy atom. The van der Waals surface area contributed by atoms with Crippen molar-refractivity contribution >= 4 is 0 Å². The zero-order valence-electron chi connectivity index (χ0n) is 8.57. The first-order valence-electron chi connectivity index (χ1n) is 4.36. The average molecular weight is 168 g/mol. The van der Waals surface area contributed by atoms with Crippen molar-refractivity contribution in [3.8, 4) is 0 Å². The van der Waals surface area contributed by atoms with E-state index >= 15 is 0 Å². The third kappa shape index (κ3) is 9.08. The maximum Gasteiger partial charge on any atom is 0.0314 e. The van der Waals surface area contributed by atoms with Crippen LogP contribution in [0.4, 0.5) is 0 Å². The highest BCUT2D eigenvalue weighted by Crippen LogP contribution is 1.84. The van der Waals surface area contributed by atoms with Gasteiger partial charge in [0.05, 0.1) is 0 Å². The van der Waals surface area contributed by atoms with Crippen molar-refractivity contribution < 1.29 is 0 Å². The molecule has 0 heterocycles. The van der Waals surface area contributed by atoms with Crippen molar-refractivity contribution in [3.63, 3.8) is 0 Å². The summed E-state index contributed by atoms with van der Waals surface area (Å²) in [5.41, 5.74) is 2.61. The fourth-order valence-electron chi connectivity index (χ4n) is 0.697. The Kier molecular flexibility index (Phi) is 6.25. The van der Waals surface area contributed by atoms with Gasteiger partial charge in [-0.3, -0.25) is 0 Å². The van der Waals surface area contributed by atoms with Crippen molar-refractivity contribution in [1.29, 1.82) is 0 Å². The quantitative estimate of drug-likeness (QED) is 0.614. The van der Waals surface area contributed by atoms with Crippen LogP contribution < -0.4 is 10.6 Å². The molecule has 0 saturated carbocycles. The highest BCUT2D eigenvalue weighted by molar-refractivity contribution is 4.92. The Balaban J connectivity index is 3.23. The molecule has 0 unspecified atom stereocenters. The largest absolute Gasteiger partial charge is 0.389 e. The molecule has 0 aliphatic carbocycles. The van der Waals surface area contributed by atoms with Gasteiger partial charge in [0.15, 0.2) is 0 Å². The summed E-state index contributed by atoms with van der Waals surface area (Å²) in [6, 6.07) is 0. The molecular formula is C10H20N2. The maximum atomic E-state index is 3.20. The monoisotopic (exact) mass is 168 g/mol. The lowest BCUT2D eigenvalue weighted by Crippen LogP contribution is -2.20. The highest BCUT2D eigenvalue weighted by atomic mass is 14.9. The third-order valence-corrected chi connectivity index (χ3v) is 1.20. The van der Waals surface area contributed by atoms with Gasteiger partial charge in [0, 0.05) is 13.1 Å². The van der Waals surface area contributed by atoms with Crippen LogP contribution in [0.2, 0.25) is 0 Å². The fraction of sp³-hybridized carbons (Fsp3) is 0.600. The van der Waals surface area contributed by atoms with Crippen molar-refractivity contribution in [2.75, 3.05) is 13.1 Å². The molecule has 0 amide bonds. The van der Waals surface area contributed by atoms with E-state index in [1.54, 1.807) is 0 Å². The number of rotatable bonds is 5. The first kappa shape index (κ1) is 11.1. The zero-order chi connectivity index (χ0) is 9.40. The number of allylic oxidation sites excluding steroid dienone is 2. The lowest BCUT2D eigenvalue weighted by atomic mass is 10.4. The van der Waals surface area contributed by atoms with E-state index in [4.69, 9.17) is 0 Å². The second-order valence-corrected chi connectivity index (χ2v) is 3.35. The Hall–Kier alpha value is -0.920. The Morgan fingerprint density at radius 2 is 1.17 bits per heavy atom. The van der Waals surface area contributed by atoms with Crippen LogP contribution in [0.1, 0.15) is 27.7 Å². The van der Waals surface area contributed by atoms with Crippen molar-refractivity contribution in [1.82, 2.24) is 10.6 Å². The minimum absolute atomic E-state index is 0.967. The molecule has 0 aromatic carbocycles. The Morgan fingerprint density at radius 3 is 1.42 bits per heavy atom. The maximum absolute atomic E-state index is 3.20. The topological polar surface area (TPSA) is 24.1 Å². The first-order valence-corrected chi connectivity index (χ1v) is 4.36. The second kappa shape index (κ2) is 6.77. The van der Waals surface area contributed by atoms with Gasteiger partial charge in [-0.2, -0.15) is 0 Å². The van der Waals surface area contributed by atoms with Crippen molar-refractivity contribution in [2.45, 2.75) is 27.7 Å². The van der Waals surface area contributed by atoms with E-state index in [0.717, 1.165) is 13.1 Å². The molecule has 12 heavy (non-hydrogen) atoms. The van der Waals surface area contributed by atoms with E-state index in [1.807, 2.05) is 12.4 Å². The van der Waals surface area contributed by atoms with E-state index in [0.29, 0.717) is 0 Å². The van der Waals surface area contributed by atoms with Gasteiger partial charge < -0.3 is 10.6 Å². The minimum Gasteiger partial charge on any atom is -0.389 e. The smallest absolute Gasteiger partial charge is 0.0314 e. The molecule has 0 aliphatic heterocycles. The molecule has 0 rings (SSSR count). The molecule has 70 valence electrons. The van der Waals surface area contributed by atoms with Crippen LogP contribution in [-0.4, -0.2) is 13.1 Å². The lowest BCUT2D eigenvalue weighted by Gasteiger charge is -2.02. The minimum atomic E-state index is 0.967. The summed E-state index contributed by atoms with van der Waals surface area (Å²) in [4.78, 5) is 0. The molecule has 0 aromatic rings. The van der Waals surface area contributed by atoms with Gasteiger partial charge in [0.1, 0.15) is 0 Å². The van der Waals surface area contributed by atoms with Gasteiger partial charge in [-0.05, 0) is 40.1 Å². The average Bonchev–Trinajstić information content (AvgIpc) is 1.95. The molecule has 0 saturated heterocycles. The molecule has 2 nitrogen and oxygen atoms in total. The van der Waals surface area contributed by atoms with Crippen LogP contribution in [0, 0.1) is 0 Å². The molecule has 0 atom stereocenters. The second-order valence-electron chi connectivity index (χ2n) is 3.35. The van der Waals surface area contributed by atoms with Crippen LogP contribution in [0.3, 0.4) is 0 Å². The van der Waals surface area contributed by atoms with E-state index in [-0.39, 0.29) is 0 Å². The van der Waals surface area contributed by atoms with E-state index in [9.17, 15) is 0 Å². The van der Waals surface area contributed by atoms with Gasteiger partial charge in [-0.15, -0.1) is 0 Å². The molecule has 0 bridgehead atoms. The van der Waals surface area contributed by atoms with E-state index in [1.165, 1.54) is 11.1 Å². The van der Waals surface area contributed by atoms with Gasteiger partial charge in [-0.25, -0.2) is 0 Å². The van der Waals surface area contributed by atoms with Gasteiger partial charge in [-0.1, -0.05) is 11.1 Å². The molecule has 2 N–H and O–H groups in total. The van der Waals surface area contributed by atoms with Crippen LogP contribution >= 0.6 is 0 Å². The van der Waals surface area contributed by atoms with Gasteiger partial charge >= 0.3 is 0 Å². The van der Waals surface area contributed by atoms with Gasteiger partial charge in [0.25, 0.3) is 0 Å². The Bertz CT molecular complexity index is 141. The summed E-state index contributed by atoms with van der Waals surface area (Å²) >= 11 is 0. The first-order chi connectivity index (χ1) is 5.63. The molecule has 0 fully saturated rings. The summed E-state index contributed by atoms with van der Waals surface area (Å²) < 4.78 is 0. The summed E-state index contributed by atoms with van der Waals surface area (Å²) in [6.45, 7) is 10.3. The van der Waals surface area contributed by atoms with Crippen LogP contribution in [0.5, 0.6) is 0 Å².